The number of likely N-dealkylation sites (tertiary alicyclic amines) is 1. The Morgan fingerprint density at radius 3 is 2.16 bits per heavy atom. The molecule has 0 spiro atoms. The zero-order chi connectivity index (χ0) is 53.2. The van der Waals surface area contributed by atoms with E-state index in [4.69, 9.17) is 4.74 Å². The van der Waals surface area contributed by atoms with Crippen molar-refractivity contribution in [2.75, 3.05) is 13.2 Å². The maximum atomic E-state index is 14.1. The fourth-order valence-electron chi connectivity index (χ4n) is 9.21. The highest BCUT2D eigenvalue weighted by Gasteiger charge is 2.44. The molecule has 1 fully saturated rings. The van der Waals surface area contributed by atoms with Crippen LogP contribution in [0, 0.1) is 12.3 Å². The maximum absolute atomic E-state index is 14.1. The SMILES string of the molecule is Cc1ncsc1-c1ccc(C(C)NC(=O)C2CC(O)CN2C(=O)C(NC(=O)CCCCCCCOc2ccc(C=NNC(=O)c3ccc(-c4c(-c5ccc(O)cc5)sc5cc(O)ccc45)cc3)cc2)C(C)(C)C)cc1. The van der Waals surface area contributed by atoms with E-state index in [1.54, 1.807) is 65.3 Å². The normalized spacial score (nSPS) is 15.5. The van der Waals surface area contributed by atoms with E-state index in [9.17, 15) is 34.5 Å². The number of nitrogens with zero attached hydrogens (tertiary/aromatic N) is 3. The van der Waals surface area contributed by atoms with Crippen molar-refractivity contribution in [2.45, 2.75) is 104 Å². The highest BCUT2D eigenvalue weighted by molar-refractivity contribution is 7.23. The molecule has 7 aromatic rings. The van der Waals surface area contributed by atoms with E-state index in [0.717, 1.165) is 84.6 Å². The molecule has 1 saturated heterocycles. The standard InChI is InChI=1S/C59H64N6O8S2/c1-36(39-14-18-41(19-15-39)53-37(2)60-35-74-53)62-57(71)49-31-46(68)34-65(49)58(72)55(59(3,4)5)63-51(69)11-9-7-6-8-10-30-73-47-27-12-38(13-28-47)33-61-64-56(70)43-20-16-40(17-21-43)52-48-29-26-45(67)32-50(48)75-54(52)42-22-24-44(66)25-23-42/h12-29,32-33,35-36,46,49,55,66-68H,6-11,30-31,34H2,1-5H3,(H,62,71)(H,63,69)(H,64,70). The van der Waals surface area contributed by atoms with Gasteiger partial charge < -0.3 is 35.6 Å². The molecule has 0 bridgehead atoms. The number of aliphatic hydroxyl groups is 1. The number of carbonyl (C=O) groups excluding carboxylic acids is 4. The molecule has 1 aliphatic heterocycles. The first-order valence-electron chi connectivity index (χ1n) is 25.3. The lowest BCUT2D eigenvalue weighted by molar-refractivity contribution is -0.144. The molecule has 3 heterocycles. The average Bonchev–Trinajstić information content (AvgIpc) is 4.13. The van der Waals surface area contributed by atoms with Gasteiger partial charge in [-0.3, -0.25) is 19.2 Å². The molecule has 16 heteroatoms. The summed E-state index contributed by atoms with van der Waals surface area (Å²) < 4.78 is 6.88. The molecule has 1 aliphatic rings. The van der Waals surface area contributed by atoms with Crippen molar-refractivity contribution in [2.24, 2.45) is 10.5 Å². The number of nitrogens with one attached hydrogen (secondary N) is 3. The number of benzene rings is 5. The number of unbranched alkanes of at least 4 members (excludes halogenated alkanes) is 4. The van der Waals surface area contributed by atoms with Crippen molar-refractivity contribution >= 4 is 62.6 Å². The van der Waals surface area contributed by atoms with Crippen LogP contribution in [0.5, 0.6) is 17.2 Å². The molecule has 4 atom stereocenters. The largest absolute Gasteiger partial charge is 0.508 e. The summed E-state index contributed by atoms with van der Waals surface area (Å²) in [7, 11) is 0. The van der Waals surface area contributed by atoms with Crippen LogP contribution in [0.3, 0.4) is 0 Å². The monoisotopic (exact) mass is 1050 g/mol. The van der Waals surface area contributed by atoms with Crippen LogP contribution in [0.15, 0.2) is 126 Å². The predicted molar refractivity (Wildman–Crippen MR) is 297 cm³/mol. The number of rotatable bonds is 20. The Morgan fingerprint density at radius 2 is 1.47 bits per heavy atom. The number of ether oxygens (including phenoxy) is 1. The second kappa shape index (κ2) is 24.3. The zero-order valence-corrected chi connectivity index (χ0v) is 44.5. The van der Waals surface area contributed by atoms with Crippen molar-refractivity contribution in [3.05, 3.63) is 143 Å². The number of thiazole rings is 1. The minimum absolute atomic E-state index is 0.0111. The minimum Gasteiger partial charge on any atom is -0.508 e. The first-order chi connectivity index (χ1) is 36.0. The van der Waals surface area contributed by atoms with Crippen molar-refractivity contribution in [1.29, 1.82) is 0 Å². The zero-order valence-electron chi connectivity index (χ0n) is 42.8. The lowest BCUT2D eigenvalue weighted by Crippen LogP contribution is -2.57. The molecule has 14 nitrogen and oxygen atoms in total. The topological polar surface area (TPSA) is 203 Å². The average molecular weight is 1050 g/mol. The van der Waals surface area contributed by atoms with Crippen LogP contribution >= 0.6 is 22.7 Å². The molecular formula is C59H64N6O8S2. The van der Waals surface area contributed by atoms with Gasteiger partial charge in [0, 0.05) is 45.5 Å². The Hall–Kier alpha value is -7.40. The van der Waals surface area contributed by atoms with Crippen LogP contribution in [0.4, 0.5) is 0 Å². The molecule has 8 rings (SSSR count). The second-order valence-electron chi connectivity index (χ2n) is 20.1. The number of amides is 4. The number of aromatic nitrogens is 1. The molecule has 2 aromatic heterocycles. The van der Waals surface area contributed by atoms with Gasteiger partial charge in [-0.2, -0.15) is 5.10 Å². The fraction of sp³-hybridized carbons (Fsp3) is 0.322. The molecule has 75 heavy (non-hydrogen) atoms. The summed E-state index contributed by atoms with van der Waals surface area (Å²) in [6.07, 6.45) is 5.27. The molecule has 0 aliphatic carbocycles. The van der Waals surface area contributed by atoms with Crippen molar-refractivity contribution in [3.8, 4) is 49.3 Å². The molecule has 4 amide bonds. The lowest BCUT2D eigenvalue weighted by Gasteiger charge is -2.35. The van der Waals surface area contributed by atoms with Gasteiger partial charge in [-0.05, 0) is 139 Å². The number of carbonyl (C=O) groups is 4. The van der Waals surface area contributed by atoms with Crippen LogP contribution in [0.25, 0.3) is 42.1 Å². The van der Waals surface area contributed by atoms with Gasteiger partial charge in [0.2, 0.25) is 17.7 Å². The predicted octanol–water partition coefficient (Wildman–Crippen LogP) is 10.9. The smallest absolute Gasteiger partial charge is 0.271 e. The number of phenols is 2. The summed E-state index contributed by atoms with van der Waals surface area (Å²) in [5, 5.41) is 41.8. The molecular weight excluding hydrogens is 985 g/mol. The Morgan fingerprint density at radius 1 is 0.813 bits per heavy atom. The van der Waals surface area contributed by atoms with E-state index in [1.165, 1.54) is 4.90 Å². The Balaban J connectivity index is 0.729. The van der Waals surface area contributed by atoms with Gasteiger partial charge in [0.25, 0.3) is 5.91 Å². The Labute approximate surface area is 445 Å². The number of hydrogen-bond donors (Lipinski definition) is 6. The molecule has 0 radical (unpaired) electrons. The van der Waals surface area contributed by atoms with Crippen LogP contribution in [0.1, 0.15) is 106 Å². The number of fused-ring (bicyclic) bond motifs is 1. The number of phenolic OH excluding ortho intramolecular Hbond substituents is 2. The summed E-state index contributed by atoms with van der Waals surface area (Å²) in [6.45, 7) is 10.1. The molecule has 4 unspecified atom stereocenters. The highest BCUT2D eigenvalue weighted by atomic mass is 32.1. The Kier molecular flexibility index (Phi) is 17.5. The van der Waals surface area contributed by atoms with Gasteiger partial charge in [0.1, 0.15) is 29.3 Å². The highest BCUT2D eigenvalue weighted by Crippen LogP contribution is 2.46. The number of β-amino-alcohol motifs (C(OH)–C–C–N with tert-alkyl or cyclic N) is 1. The van der Waals surface area contributed by atoms with E-state index in [-0.39, 0.29) is 60.6 Å². The summed E-state index contributed by atoms with van der Waals surface area (Å²) in [5.41, 5.74) is 10.7. The first-order valence-corrected chi connectivity index (χ1v) is 27.0. The van der Waals surface area contributed by atoms with Gasteiger partial charge in [-0.1, -0.05) is 76.4 Å². The second-order valence-corrected chi connectivity index (χ2v) is 22.0. The summed E-state index contributed by atoms with van der Waals surface area (Å²) in [4.78, 5) is 61.9. The van der Waals surface area contributed by atoms with Crippen LogP contribution in [-0.2, 0) is 14.4 Å². The van der Waals surface area contributed by atoms with Gasteiger partial charge >= 0.3 is 0 Å². The van der Waals surface area contributed by atoms with Crippen molar-refractivity contribution < 1.29 is 39.2 Å². The van der Waals surface area contributed by atoms with E-state index in [0.29, 0.717) is 24.3 Å². The summed E-state index contributed by atoms with van der Waals surface area (Å²) >= 11 is 3.13. The van der Waals surface area contributed by atoms with Gasteiger partial charge in [0.15, 0.2) is 0 Å². The first kappa shape index (κ1) is 53.9. The van der Waals surface area contributed by atoms with Crippen LogP contribution < -0.4 is 20.8 Å². The number of aromatic hydroxyl groups is 2. The van der Waals surface area contributed by atoms with Crippen LogP contribution in [0.2, 0.25) is 0 Å². The third-order valence-electron chi connectivity index (χ3n) is 13.4. The van der Waals surface area contributed by atoms with Gasteiger partial charge in [-0.15, -0.1) is 22.7 Å². The fourth-order valence-corrected chi connectivity index (χ4v) is 11.3. The van der Waals surface area contributed by atoms with E-state index >= 15 is 0 Å². The number of hydrogen-bond acceptors (Lipinski definition) is 12. The van der Waals surface area contributed by atoms with Gasteiger partial charge in [0.05, 0.1) is 41.0 Å². The number of hydrazone groups is 1. The number of aliphatic hydroxyl groups excluding tert-OH is 1. The van der Waals surface area contributed by atoms with Crippen LogP contribution in [-0.4, -0.2) is 86.4 Å². The molecule has 390 valence electrons. The molecule has 0 saturated carbocycles. The minimum atomic E-state index is -0.882. The third kappa shape index (κ3) is 13.7. The maximum Gasteiger partial charge on any atom is 0.271 e. The lowest BCUT2D eigenvalue weighted by atomic mass is 9.85. The number of aryl methyl sites for hydroxylation is 1. The molecule has 5 aromatic carbocycles. The Bertz CT molecular complexity index is 3130. The van der Waals surface area contributed by atoms with Gasteiger partial charge in [-0.25, -0.2) is 10.4 Å². The van der Waals surface area contributed by atoms with E-state index in [2.05, 4.69) is 26.1 Å². The van der Waals surface area contributed by atoms with Crippen molar-refractivity contribution in [3.63, 3.8) is 0 Å². The summed E-state index contributed by atoms with van der Waals surface area (Å²) in [6, 6.07) is 32.9. The summed E-state index contributed by atoms with van der Waals surface area (Å²) in [5.74, 6) is -0.240. The third-order valence-corrected chi connectivity index (χ3v) is 15.6. The van der Waals surface area contributed by atoms with E-state index < -0.39 is 23.6 Å². The molecule has 6 N–H and O–H groups in total. The van der Waals surface area contributed by atoms with E-state index in [1.807, 2.05) is 119 Å². The quantitative estimate of drug-likeness (QED) is 0.0244. The number of thiophene rings is 1. The van der Waals surface area contributed by atoms with Crippen molar-refractivity contribution in [1.82, 2.24) is 25.9 Å².